The minimum absolute atomic E-state index is 0.0236. The summed E-state index contributed by atoms with van der Waals surface area (Å²) in [4.78, 5) is -0.0236. The number of benzene rings is 2. The minimum Gasteiger partial charge on any atom is -0.454 e. The standard InChI is InChI=1S/C12H11ClN2O4S/c13-10-2-1-3-11(15-16)12(10)19-8-4-6-9(7-5-8)20(14,17)18/h1-7,15-16H,(H2,14,17,18). The highest BCUT2D eigenvalue weighted by molar-refractivity contribution is 7.89. The number of primary sulfonamides is 1. The Hall–Kier alpha value is -1.80. The molecule has 0 aliphatic rings. The lowest BCUT2D eigenvalue weighted by Gasteiger charge is -2.11. The second kappa shape index (κ2) is 5.68. The van der Waals surface area contributed by atoms with E-state index in [1.807, 2.05) is 5.48 Å². The van der Waals surface area contributed by atoms with Gasteiger partial charge in [0.05, 0.1) is 9.92 Å². The molecule has 0 saturated heterocycles. The summed E-state index contributed by atoms with van der Waals surface area (Å²) in [6, 6.07) is 10.3. The van der Waals surface area contributed by atoms with Crippen molar-refractivity contribution in [2.45, 2.75) is 4.90 Å². The van der Waals surface area contributed by atoms with Crippen LogP contribution in [0.3, 0.4) is 0 Å². The average Bonchev–Trinajstić information content (AvgIpc) is 2.40. The predicted octanol–water partition coefficient (Wildman–Crippen LogP) is 2.58. The lowest BCUT2D eigenvalue weighted by Crippen LogP contribution is -2.11. The van der Waals surface area contributed by atoms with Crippen LogP contribution >= 0.6 is 11.6 Å². The molecule has 2 rings (SSSR count). The van der Waals surface area contributed by atoms with Gasteiger partial charge >= 0.3 is 0 Å². The fraction of sp³-hybridized carbons (Fsp3) is 0. The molecule has 0 bridgehead atoms. The number of sulfonamides is 1. The first-order valence-electron chi connectivity index (χ1n) is 5.41. The highest BCUT2D eigenvalue weighted by Gasteiger charge is 2.11. The van der Waals surface area contributed by atoms with Crippen LogP contribution in [0.1, 0.15) is 0 Å². The summed E-state index contributed by atoms with van der Waals surface area (Å²) >= 11 is 5.97. The molecule has 0 radical (unpaired) electrons. The first kappa shape index (κ1) is 14.6. The van der Waals surface area contributed by atoms with E-state index < -0.39 is 10.0 Å². The van der Waals surface area contributed by atoms with Gasteiger partial charge in [-0.1, -0.05) is 17.7 Å². The Morgan fingerprint density at radius 1 is 1.15 bits per heavy atom. The van der Waals surface area contributed by atoms with E-state index in [1.165, 1.54) is 24.3 Å². The van der Waals surface area contributed by atoms with Gasteiger partial charge in [-0.05, 0) is 36.4 Å². The molecule has 0 heterocycles. The average molecular weight is 315 g/mol. The number of hydrogen-bond donors (Lipinski definition) is 3. The number of nitrogens with two attached hydrogens (primary N) is 1. The Bertz CT molecular complexity index is 717. The normalized spacial score (nSPS) is 11.2. The van der Waals surface area contributed by atoms with Crippen LogP contribution in [0, 0.1) is 0 Å². The van der Waals surface area contributed by atoms with E-state index >= 15 is 0 Å². The van der Waals surface area contributed by atoms with E-state index in [0.717, 1.165) is 0 Å². The van der Waals surface area contributed by atoms with Crippen molar-refractivity contribution in [1.82, 2.24) is 0 Å². The molecular weight excluding hydrogens is 304 g/mol. The van der Waals surface area contributed by atoms with Crippen LogP contribution in [0.4, 0.5) is 5.69 Å². The maximum atomic E-state index is 11.1. The van der Waals surface area contributed by atoms with Crippen LogP contribution in [0.25, 0.3) is 0 Å². The Morgan fingerprint density at radius 2 is 1.80 bits per heavy atom. The van der Waals surface area contributed by atoms with Gasteiger partial charge < -0.3 is 4.74 Å². The number of rotatable bonds is 4. The van der Waals surface area contributed by atoms with E-state index in [-0.39, 0.29) is 16.3 Å². The van der Waals surface area contributed by atoms with Gasteiger partial charge in [0.15, 0.2) is 5.75 Å². The van der Waals surface area contributed by atoms with Crippen molar-refractivity contribution in [3.63, 3.8) is 0 Å². The number of ether oxygens (including phenoxy) is 1. The molecule has 0 aromatic heterocycles. The molecule has 2 aromatic carbocycles. The molecule has 0 aliphatic carbocycles. The summed E-state index contributed by atoms with van der Waals surface area (Å²) in [6.07, 6.45) is 0. The van der Waals surface area contributed by atoms with Crippen LogP contribution in [-0.2, 0) is 10.0 Å². The molecule has 2 aromatic rings. The number of hydrogen-bond acceptors (Lipinski definition) is 5. The molecule has 106 valence electrons. The third-order valence-corrected chi connectivity index (χ3v) is 3.69. The smallest absolute Gasteiger partial charge is 0.238 e. The molecular formula is C12H11ClN2O4S. The van der Waals surface area contributed by atoms with Crippen molar-refractivity contribution in [2.24, 2.45) is 5.14 Å². The van der Waals surface area contributed by atoms with Crippen LogP contribution in [0.5, 0.6) is 11.5 Å². The predicted molar refractivity (Wildman–Crippen MR) is 74.8 cm³/mol. The molecule has 0 unspecified atom stereocenters. The third-order valence-electron chi connectivity index (χ3n) is 2.46. The SMILES string of the molecule is NS(=O)(=O)c1ccc(Oc2c(Cl)cccc2NO)cc1. The topological polar surface area (TPSA) is 102 Å². The fourth-order valence-electron chi connectivity index (χ4n) is 1.52. The molecule has 0 saturated carbocycles. The van der Waals surface area contributed by atoms with Crippen LogP contribution < -0.4 is 15.4 Å². The van der Waals surface area contributed by atoms with Crippen molar-refractivity contribution >= 4 is 27.3 Å². The summed E-state index contributed by atoms with van der Waals surface area (Å²) < 4.78 is 27.8. The summed E-state index contributed by atoms with van der Waals surface area (Å²) in [6.45, 7) is 0. The van der Waals surface area contributed by atoms with Crippen molar-refractivity contribution < 1.29 is 18.4 Å². The molecule has 20 heavy (non-hydrogen) atoms. The number of para-hydroxylation sites is 1. The van der Waals surface area contributed by atoms with E-state index in [0.29, 0.717) is 10.8 Å². The van der Waals surface area contributed by atoms with E-state index in [1.54, 1.807) is 18.2 Å². The van der Waals surface area contributed by atoms with Gasteiger partial charge in [0.25, 0.3) is 0 Å². The molecule has 8 heteroatoms. The van der Waals surface area contributed by atoms with Gasteiger partial charge in [0, 0.05) is 0 Å². The molecule has 0 spiro atoms. The monoisotopic (exact) mass is 314 g/mol. The zero-order valence-corrected chi connectivity index (χ0v) is 11.6. The van der Waals surface area contributed by atoms with Gasteiger partial charge in [-0.2, -0.15) is 0 Å². The summed E-state index contributed by atoms with van der Waals surface area (Å²) in [5.41, 5.74) is 2.25. The Kier molecular flexibility index (Phi) is 4.15. The van der Waals surface area contributed by atoms with Gasteiger partial charge in [-0.3, -0.25) is 10.7 Å². The Balaban J connectivity index is 2.32. The van der Waals surface area contributed by atoms with E-state index in [9.17, 15) is 8.42 Å². The molecule has 0 aliphatic heterocycles. The van der Waals surface area contributed by atoms with Crippen LogP contribution in [0.15, 0.2) is 47.4 Å². The zero-order chi connectivity index (χ0) is 14.8. The molecule has 0 atom stereocenters. The van der Waals surface area contributed by atoms with Crippen molar-refractivity contribution in [2.75, 3.05) is 5.48 Å². The molecule has 6 nitrogen and oxygen atoms in total. The zero-order valence-electron chi connectivity index (χ0n) is 10.1. The Labute approximate surface area is 120 Å². The first-order chi connectivity index (χ1) is 9.41. The van der Waals surface area contributed by atoms with Crippen molar-refractivity contribution in [1.29, 1.82) is 0 Å². The lowest BCUT2D eigenvalue weighted by molar-refractivity contribution is 0.382. The minimum atomic E-state index is -3.75. The van der Waals surface area contributed by atoms with Gasteiger partial charge in [0.2, 0.25) is 10.0 Å². The molecule has 0 fully saturated rings. The second-order valence-electron chi connectivity index (χ2n) is 3.85. The Morgan fingerprint density at radius 3 is 2.35 bits per heavy atom. The van der Waals surface area contributed by atoms with Gasteiger partial charge in [-0.15, -0.1) is 0 Å². The van der Waals surface area contributed by atoms with Gasteiger partial charge in [0.1, 0.15) is 11.4 Å². The number of nitrogens with one attached hydrogen (secondary N) is 1. The summed E-state index contributed by atoms with van der Waals surface area (Å²) in [5, 5.41) is 14.3. The first-order valence-corrected chi connectivity index (χ1v) is 7.33. The summed E-state index contributed by atoms with van der Waals surface area (Å²) in [5.74, 6) is 0.571. The second-order valence-corrected chi connectivity index (χ2v) is 5.82. The quantitative estimate of drug-likeness (QED) is 0.753. The highest BCUT2D eigenvalue weighted by Crippen LogP contribution is 2.36. The number of anilines is 1. The van der Waals surface area contributed by atoms with Gasteiger partial charge in [-0.25, -0.2) is 13.6 Å². The summed E-state index contributed by atoms with van der Waals surface area (Å²) in [7, 11) is -3.75. The van der Waals surface area contributed by atoms with Crippen molar-refractivity contribution in [3.8, 4) is 11.5 Å². The molecule has 4 N–H and O–H groups in total. The lowest BCUT2D eigenvalue weighted by atomic mass is 10.3. The third kappa shape index (κ3) is 3.20. The van der Waals surface area contributed by atoms with Crippen LogP contribution in [0.2, 0.25) is 5.02 Å². The van der Waals surface area contributed by atoms with E-state index in [2.05, 4.69) is 0 Å². The largest absolute Gasteiger partial charge is 0.454 e. The van der Waals surface area contributed by atoms with Crippen molar-refractivity contribution in [3.05, 3.63) is 47.5 Å². The maximum Gasteiger partial charge on any atom is 0.238 e. The van der Waals surface area contributed by atoms with Crippen LogP contribution in [-0.4, -0.2) is 13.6 Å². The maximum absolute atomic E-state index is 11.1. The van der Waals surface area contributed by atoms with E-state index in [4.69, 9.17) is 26.7 Å². The highest BCUT2D eigenvalue weighted by atomic mass is 35.5. The fourth-order valence-corrected chi connectivity index (χ4v) is 2.24. The molecule has 0 amide bonds. The number of halogens is 1.